The van der Waals surface area contributed by atoms with Crippen LogP contribution in [0.1, 0.15) is 80.6 Å². The van der Waals surface area contributed by atoms with Crippen LogP contribution in [0.2, 0.25) is 0 Å². The summed E-state index contributed by atoms with van der Waals surface area (Å²) in [5, 5.41) is 0. The first-order valence-corrected chi connectivity index (χ1v) is 10.8. The fraction of sp³-hybridized carbons (Fsp3) is 0.560. The molecule has 3 rings (SSSR count). The van der Waals surface area contributed by atoms with E-state index in [1.54, 1.807) is 0 Å². The lowest BCUT2D eigenvalue weighted by Crippen LogP contribution is -2.24. The minimum absolute atomic E-state index is 0.102. The number of hydrogen-bond donors (Lipinski definition) is 0. The van der Waals surface area contributed by atoms with Crippen LogP contribution in [-0.4, -0.2) is 12.1 Å². The van der Waals surface area contributed by atoms with Gasteiger partial charge in [-0.05, 0) is 86.8 Å². The van der Waals surface area contributed by atoms with E-state index in [2.05, 4.69) is 31.7 Å². The van der Waals surface area contributed by atoms with Crippen molar-refractivity contribution in [2.24, 2.45) is 17.8 Å². The van der Waals surface area contributed by atoms with Gasteiger partial charge >= 0.3 is 5.97 Å². The van der Waals surface area contributed by atoms with Gasteiger partial charge in [0.2, 0.25) is 0 Å². The standard InChI is InChI=1S/C25H34O2/c1-3-19-5-7-21(8-6-19)9-10-22-11-15-23(16-12-22)25(26)27-24-17-13-20(4-2)14-18-24/h3,9-12,15-16,19-21,24H,1,4-8,13-14,17-18H2,2H3/b10-9+. The van der Waals surface area contributed by atoms with E-state index in [-0.39, 0.29) is 12.1 Å². The SMILES string of the molecule is C=CC1CCC(/C=C/c2ccc(C(=O)OC3CCC(CC)CC3)cc2)CC1. The fourth-order valence-corrected chi connectivity index (χ4v) is 4.43. The highest BCUT2D eigenvalue weighted by molar-refractivity contribution is 5.89. The topological polar surface area (TPSA) is 26.3 Å². The van der Waals surface area contributed by atoms with Gasteiger partial charge in [-0.3, -0.25) is 0 Å². The number of ether oxygens (including phenoxy) is 1. The first-order valence-electron chi connectivity index (χ1n) is 10.8. The quantitative estimate of drug-likeness (QED) is 0.408. The molecule has 0 saturated heterocycles. The first kappa shape index (κ1) is 19.9. The second kappa shape index (κ2) is 9.92. The highest BCUT2D eigenvalue weighted by Crippen LogP contribution is 2.31. The number of carbonyl (C=O) groups excluding carboxylic acids is 1. The van der Waals surface area contributed by atoms with Crippen LogP contribution in [0.4, 0.5) is 0 Å². The molecule has 0 unspecified atom stereocenters. The molecule has 0 aromatic heterocycles. The fourth-order valence-electron chi connectivity index (χ4n) is 4.43. The van der Waals surface area contributed by atoms with Crippen molar-refractivity contribution in [3.63, 3.8) is 0 Å². The van der Waals surface area contributed by atoms with Gasteiger partial charge in [-0.15, -0.1) is 6.58 Å². The van der Waals surface area contributed by atoms with Crippen LogP contribution < -0.4 is 0 Å². The van der Waals surface area contributed by atoms with Crippen LogP contribution in [0.15, 0.2) is 43.0 Å². The molecule has 0 amide bonds. The molecule has 0 N–H and O–H groups in total. The Morgan fingerprint density at radius 3 is 2.22 bits per heavy atom. The summed E-state index contributed by atoms with van der Waals surface area (Å²) in [5.74, 6) is 2.02. The van der Waals surface area contributed by atoms with E-state index in [1.165, 1.54) is 44.9 Å². The molecular formula is C25H34O2. The number of carbonyl (C=O) groups is 1. The Kier molecular flexibility index (Phi) is 7.32. The Balaban J connectivity index is 1.47. The van der Waals surface area contributed by atoms with Gasteiger partial charge < -0.3 is 4.74 Å². The maximum absolute atomic E-state index is 12.4. The van der Waals surface area contributed by atoms with Gasteiger partial charge in [0.15, 0.2) is 0 Å². The van der Waals surface area contributed by atoms with Crippen molar-refractivity contribution in [1.82, 2.24) is 0 Å². The molecule has 1 aromatic carbocycles. The Bertz CT molecular complexity index is 627. The van der Waals surface area contributed by atoms with Crippen LogP contribution in [0.25, 0.3) is 6.08 Å². The molecule has 0 atom stereocenters. The van der Waals surface area contributed by atoms with E-state index in [9.17, 15) is 4.79 Å². The van der Waals surface area contributed by atoms with Gasteiger partial charge in [-0.1, -0.05) is 43.7 Å². The molecular weight excluding hydrogens is 332 g/mol. The Labute approximate surface area is 164 Å². The lowest BCUT2D eigenvalue weighted by atomic mass is 9.82. The number of allylic oxidation sites excluding steroid dienone is 2. The zero-order valence-corrected chi connectivity index (χ0v) is 16.7. The van der Waals surface area contributed by atoms with E-state index < -0.39 is 0 Å². The Hall–Kier alpha value is -1.83. The average Bonchev–Trinajstić information content (AvgIpc) is 2.73. The second-order valence-electron chi connectivity index (χ2n) is 8.35. The number of benzene rings is 1. The maximum Gasteiger partial charge on any atom is 0.338 e. The van der Waals surface area contributed by atoms with Crippen LogP contribution in [0.3, 0.4) is 0 Å². The minimum atomic E-state index is -0.173. The minimum Gasteiger partial charge on any atom is -0.459 e. The van der Waals surface area contributed by atoms with Crippen LogP contribution >= 0.6 is 0 Å². The molecule has 2 aliphatic carbocycles. The summed E-state index contributed by atoms with van der Waals surface area (Å²) in [6.45, 7) is 6.16. The molecule has 2 aliphatic rings. The molecule has 0 aliphatic heterocycles. The summed E-state index contributed by atoms with van der Waals surface area (Å²) in [5.41, 5.74) is 1.82. The zero-order chi connectivity index (χ0) is 19.1. The normalized spacial score (nSPS) is 28.8. The molecule has 0 bridgehead atoms. The van der Waals surface area contributed by atoms with Crippen molar-refractivity contribution in [2.75, 3.05) is 0 Å². The monoisotopic (exact) mass is 366 g/mol. The van der Waals surface area contributed by atoms with Gasteiger partial charge in [0.05, 0.1) is 5.56 Å². The molecule has 0 spiro atoms. The van der Waals surface area contributed by atoms with Gasteiger partial charge in [-0.25, -0.2) is 4.79 Å². The van der Waals surface area contributed by atoms with E-state index >= 15 is 0 Å². The summed E-state index contributed by atoms with van der Waals surface area (Å²) in [6.07, 6.45) is 17.4. The summed E-state index contributed by atoms with van der Waals surface area (Å²) in [4.78, 5) is 12.4. The lowest BCUT2D eigenvalue weighted by molar-refractivity contribution is 0.0164. The van der Waals surface area contributed by atoms with Gasteiger partial charge in [-0.2, -0.15) is 0 Å². The largest absolute Gasteiger partial charge is 0.459 e. The van der Waals surface area contributed by atoms with Gasteiger partial charge in [0.25, 0.3) is 0 Å². The molecule has 0 heterocycles. The van der Waals surface area contributed by atoms with E-state index in [0.717, 1.165) is 24.3 Å². The molecule has 0 radical (unpaired) electrons. The van der Waals surface area contributed by atoms with Crippen molar-refractivity contribution in [3.05, 3.63) is 54.1 Å². The smallest absolute Gasteiger partial charge is 0.338 e. The lowest BCUT2D eigenvalue weighted by Gasteiger charge is -2.27. The molecule has 1 aromatic rings. The van der Waals surface area contributed by atoms with Crippen LogP contribution in [0, 0.1) is 17.8 Å². The van der Waals surface area contributed by atoms with Gasteiger partial charge in [0.1, 0.15) is 6.10 Å². The highest BCUT2D eigenvalue weighted by Gasteiger charge is 2.23. The third-order valence-corrected chi connectivity index (χ3v) is 6.50. The molecule has 146 valence electrons. The Morgan fingerprint density at radius 1 is 1.00 bits per heavy atom. The van der Waals surface area contributed by atoms with Crippen molar-refractivity contribution >= 4 is 12.0 Å². The number of hydrogen-bond acceptors (Lipinski definition) is 2. The van der Waals surface area contributed by atoms with Crippen molar-refractivity contribution in [3.8, 4) is 0 Å². The molecule has 2 nitrogen and oxygen atoms in total. The zero-order valence-electron chi connectivity index (χ0n) is 16.7. The highest BCUT2D eigenvalue weighted by atomic mass is 16.5. The number of rotatable bonds is 6. The third kappa shape index (κ3) is 5.82. The second-order valence-corrected chi connectivity index (χ2v) is 8.35. The van der Waals surface area contributed by atoms with Crippen molar-refractivity contribution in [2.45, 2.75) is 70.8 Å². The van der Waals surface area contributed by atoms with Crippen LogP contribution in [-0.2, 0) is 4.74 Å². The predicted octanol–water partition coefficient (Wildman–Crippen LogP) is 6.82. The number of esters is 1. The Morgan fingerprint density at radius 2 is 1.63 bits per heavy atom. The van der Waals surface area contributed by atoms with E-state index in [0.29, 0.717) is 17.4 Å². The average molecular weight is 367 g/mol. The van der Waals surface area contributed by atoms with Crippen molar-refractivity contribution in [1.29, 1.82) is 0 Å². The van der Waals surface area contributed by atoms with Crippen LogP contribution in [0.5, 0.6) is 0 Å². The van der Waals surface area contributed by atoms with Crippen molar-refractivity contribution < 1.29 is 9.53 Å². The molecule has 2 saturated carbocycles. The van der Waals surface area contributed by atoms with Gasteiger partial charge in [0, 0.05) is 0 Å². The summed E-state index contributed by atoms with van der Waals surface area (Å²) < 4.78 is 5.72. The third-order valence-electron chi connectivity index (χ3n) is 6.50. The first-order chi connectivity index (χ1) is 13.2. The van der Waals surface area contributed by atoms with E-state index in [4.69, 9.17) is 4.74 Å². The molecule has 27 heavy (non-hydrogen) atoms. The van der Waals surface area contributed by atoms with E-state index in [1.807, 2.05) is 24.3 Å². The summed E-state index contributed by atoms with van der Waals surface area (Å²) in [6, 6.07) is 7.84. The molecule has 2 heteroatoms. The molecule has 2 fully saturated rings. The predicted molar refractivity (Wildman–Crippen MR) is 113 cm³/mol. The summed E-state index contributed by atoms with van der Waals surface area (Å²) in [7, 11) is 0. The maximum atomic E-state index is 12.4. The summed E-state index contributed by atoms with van der Waals surface area (Å²) >= 11 is 0.